The fraction of sp³-hybridized carbons (Fsp3) is 0.417. The number of rotatable bonds is 4. The maximum atomic E-state index is 10.5. The first kappa shape index (κ1) is 12.1. The molecular weight excluding hydrogens is 208 g/mol. The van der Waals surface area contributed by atoms with E-state index in [-0.39, 0.29) is 6.42 Å². The van der Waals surface area contributed by atoms with Gasteiger partial charge in [0.2, 0.25) is 0 Å². The average Bonchev–Trinajstić information content (AvgIpc) is 2.19. The lowest BCUT2D eigenvalue weighted by Gasteiger charge is -2.10. The van der Waals surface area contributed by atoms with Crippen LogP contribution in [0.4, 0.5) is 0 Å². The number of carboxylic acid groups (broad SMARTS) is 1. The molecule has 0 atom stereocenters. The third-order valence-corrected chi connectivity index (χ3v) is 3.30. The maximum Gasteiger partial charge on any atom is 0.303 e. The van der Waals surface area contributed by atoms with Crippen LogP contribution in [0.3, 0.4) is 0 Å². The Kier molecular flexibility index (Phi) is 4.21. The third kappa shape index (κ3) is 3.27. The monoisotopic (exact) mass is 224 g/mol. The summed E-state index contributed by atoms with van der Waals surface area (Å²) in [6, 6.07) is 4.24. The summed E-state index contributed by atoms with van der Waals surface area (Å²) in [6.07, 6.45) is 2.86. The van der Waals surface area contributed by atoms with E-state index in [0.717, 1.165) is 5.56 Å². The second-order valence-corrected chi connectivity index (χ2v) is 4.50. The van der Waals surface area contributed by atoms with Crippen LogP contribution in [0.1, 0.15) is 23.1 Å². The zero-order valence-electron chi connectivity index (χ0n) is 9.33. The summed E-state index contributed by atoms with van der Waals surface area (Å²) in [6.45, 7) is 4.12. The largest absolute Gasteiger partial charge is 0.481 e. The van der Waals surface area contributed by atoms with Gasteiger partial charge in [-0.3, -0.25) is 4.79 Å². The van der Waals surface area contributed by atoms with Gasteiger partial charge in [0.15, 0.2) is 0 Å². The van der Waals surface area contributed by atoms with E-state index in [0.29, 0.717) is 6.42 Å². The van der Waals surface area contributed by atoms with Crippen molar-refractivity contribution in [2.24, 2.45) is 0 Å². The molecule has 15 heavy (non-hydrogen) atoms. The van der Waals surface area contributed by atoms with Gasteiger partial charge in [0.05, 0.1) is 0 Å². The highest BCUT2D eigenvalue weighted by Crippen LogP contribution is 2.23. The number of aryl methyl sites for hydroxylation is 2. The molecule has 3 heteroatoms. The van der Waals surface area contributed by atoms with E-state index in [1.165, 1.54) is 16.0 Å². The number of hydrogen-bond donors (Lipinski definition) is 1. The molecule has 2 nitrogen and oxygen atoms in total. The Hall–Kier alpha value is -0.960. The van der Waals surface area contributed by atoms with Crippen LogP contribution in [-0.2, 0) is 11.2 Å². The topological polar surface area (TPSA) is 37.3 Å². The summed E-state index contributed by atoms with van der Waals surface area (Å²) in [5, 5.41) is 8.66. The molecule has 1 aromatic rings. The number of aliphatic carboxylic acids is 1. The minimum atomic E-state index is -0.735. The Morgan fingerprint density at radius 2 is 2.07 bits per heavy atom. The molecule has 1 N–H and O–H groups in total. The van der Waals surface area contributed by atoms with Gasteiger partial charge in [-0.2, -0.15) is 0 Å². The Balaban J connectivity index is 2.94. The standard InChI is InChI=1S/C12H16O2S/c1-8-6-11(15-3)7-10(9(8)2)4-5-12(13)14/h6-7H,4-5H2,1-3H3,(H,13,14). The van der Waals surface area contributed by atoms with E-state index in [1.54, 1.807) is 11.8 Å². The third-order valence-electron chi connectivity index (χ3n) is 2.59. The molecule has 0 saturated carbocycles. The van der Waals surface area contributed by atoms with Crippen molar-refractivity contribution in [3.8, 4) is 0 Å². The summed E-state index contributed by atoms with van der Waals surface area (Å²) in [4.78, 5) is 11.7. The quantitative estimate of drug-likeness (QED) is 0.799. The second kappa shape index (κ2) is 5.21. The molecule has 0 amide bonds. The van der Waals surface area contributed by atoms with Crippen molar-refractivity contribution in [1.29, 1.82) is 0 Å². The summed E-state index contributed by atoms with van der Waals surface area (Å²) >= 11 is 1.69. The summed E-state index contributed by atoms with van der Waals surface area (Å²) in [7, 11) is 0. The van der Waals surface area contributed by atoms with Gasteiger partial charge in [0.25, 0.3) is 0 Å². The lowest BCUT2D eigenvalue weighted by atomic mass is 10.00. The number of carbonyl (C=O) groups is 1. The van der Waals surface area contributed by atoms with E-state index in [9.17, 15) is 4.79 Å². The van der Waals surface area contributed by atoms with Crippen LogP contribution < -0.4 is 0 Å². The molecule has 0 unspecified atom stereocenters. The van der Waals surface area contributed by atoms with Crippen molar-refractivity contribution in [2.45, 2.75) is 31.6 Å². The first-order valence-corrected chi connectivity index (χ1v) is 6.13. The lowest BCUT2D eigenvalue weighted by molar-refractivity contribution is -0.136. The Labute approximate surface area is 94.7 Å². The van der Waals surface area contributed by atoms with Crippen LogP contribution >= 0.6 is 11.8 Å². The van der Waals surface area contributed by atoms with Gasteiger partial charge in [0.1, 0.15) is 0 Å². The molecular formula is C12H16O2S. The van der Waals surface area contributed by atoms with Gasteiger partial charge in [-0.1, -0.05) is 0 Å². The van der Waals surface area contributed by atoms with E-state index in [2.05, 4.69) is 26.0 Å². The zero-order chi connectivity index (χ0) is 11.4. The van der Waals surface area contributed by atoms with Gasteiger partial charge in [-0.15, -0.1) is 11.8 Å². The van der Waals surface area contributed by atoms with E-state index >= 15 is 0 Å². The fourth-order valence-electron chi connectivity index (χ4n) is 1.52. The molecule has 0 aliphatic rings. The second-order valence-electron chi connectivity index (χ2n) is 3.62. The molecule has 0 aliphatic carbocycles. The molecule has 0 bridgehead atoms. The molecule has 0 radical (unpaired) electrons. The van der Waals surface area contributed by atoms with Crippen molar-refractivity contribution < 1.29 is 9.90 Å². The highest BCUT2D eigenvalue weighted by molar-refractivity contribution is 7.98. The fourth-order valence-corrected chi connectivity index (χ4v) is 2.07. The van der Waals surface area contributed by atoms with Gasteiger partial charge in [-0.25, -0.2) is 0 Å². The number of carboxylic acids is 1. The molecule has 0 heterocycles. The molecule has 0 aromatic heterocycles. The van der Waals surface area contributed by atoms with Crippen molar-refractivity contribution in [3.05, 3.63) is 28.8 Å². The first-order chi connectivity index (χ1) is 7.04. The molecule has 1 aromatic carbocycles. The molecule has 0 fully saturated rings. The molecule has 0 saturated heterocycles. The van der Waals surface area contributed by atoms with E-state index in [1.807, 2.05) is 6.26 Å². The normalized spacial score (nSPS) is 10.3. The predicted octanol–water partition coefficient (Wildman–Crippen LogP) is 3.04. The Bertz CT molecular complexity index is 372. The number of benzene rings is 1. The highest BCUT2D eigenvalue weighted by atomic mass is 32.2. The maximum absolute atomic E-state index is 10.5. The highest BCUT2D eigenvalue weighted by Gasteiger charge is 2.06. The Morgan fingerprint density at radius 3 is 2.60 bits per heavy atom. The molecule has 1 rings (SSSR count). The van der Waals surface area contributed by atoms with Crippen molar-refractivity contribution >= 4 is 17.7 Å². The minimum Gasteiger partial charge on any atom is -0.481 e. The van der Waals surface area contributed by atoms with E-state index in [4.69, 9.17) is 5.11 Å². The zero-order valence-corrected chi connectivity index (χ0v) is 10.1. The van der Waals surface area contributed by atoms with Crippen LogP contribution in [0, 0.1) is 13.8 Å². The van der Waals surface area contributed by atoms with Crippen LogP contribution in [0.15, 0.2) is 17.0 Å². The Morgan fingerprint density at radius 1 is 1.40 bits per heavy atom. The number of hydrogen-bond acceptors (Lipinski definition) is 2. The van der Waals surface area contributed by atoms with Crippen molar-refractivity contribution in [3.63, 3.8) is 0 Å². The van der Waals surface area contributed by atoms with Crippen LogP contribution in [-0.4, -0.2) is 17.3 Å². The van der Waals surface area contributed by atoms with E-state index < -0.39 is 5.97 Å². The average molecular weight is 224 g/mol. The van der Waals surface area contributed by atoms with Gasteiger partial charge in [-0.05, 0) is 55.3 Å². The minimum absolute atomic E-state index is 0.206. The lowest BCUT2D eigenvalue weighted by Crippen LogP contribution is -2.00. The summed E-state index contributed by atoms with van der Waals surface area (Å²) in [5.41, 5.74) is 3.61. The molecule has 0 aliphatic heterocycles. The predicted molar refractivity (Wildman–Crippen MR) is 63.7 cm³/mol. The number of thioether (sulfide) groups is 1. The molecule has 82 valence electrons. The summed E-state index contributed by atoms with van der Waals surface area (Å²) < 4.78 is 0. The van der Waals surface area contributed by atoms with Gasteiger partial charge in [0, 0.05) is 11.3 Å². The summed E-state index contributed by atoms with van der Waals surface area (Å²) in [5.74, 6) is -0.735. The SMILES string of the molecule is CSc1cc(C)c(C)c(CCC(=O)O)c1. The van der Waals surface area contributed by atoms with Crippen molar-refractivity contribution in [1.82, 2.24) is 0 Å². The smallest absolute Gasteiger partial charge is 0.303 e. The van der Waals surface area contributed by atoms with Crippen LogP contribution in [0.2, 0.25) is 0 Å². The first-order valence-electron chi connectivity index (χ1n) is 4.90. The van der Waals surface area contributed by atoms with Crippen molar-refractivity contribution in [2.75, 3.05) is 6.26 Å². The van der Waals surface area contributed by atoms with Crippen LogP contribution in [0.5, 0.6) is 0 Å². The molecule has 0 spiro atoms. The van der Waals surface area contributed by atoms with Gasteiger partial charge < -0.3 is 5.11 Å². The van der Waals surface area contributed by atoms with Crippen LogP contribution in [0.25, 0.3) is 0 Å². The van der Waals surface area contributed by atoms with Gasteiger partial charge >= 0.3 is 5.97 Å².